The molecule has 1 aromatic rings. The summed E-state index contributed by atoms with van der Waals surface area (Å²) in [6, 6.07) is 5.40. The van der Waals surface area contributed by atoms with Gasteiger partial charge in [0, 0.05) is 13.5 Å². The molecular weight excluding hydrogens is 221 g/mol. The molecule has 0 spiro atoms. The molecule has 0 bridgehead atoms. The van der Waals surface area contributed by atoms with Gasteiger partial charge < -0.3 is 5.32 Å². The van der Waals surface area contributed by atoms with E-state index >= 15 is 0 Å². The summed E-state index contributed by atoms with van der Waals surface area (Å²) in [6.45, 7) is 0. The Morgan fingerprint density at radius 1 is 1.36 bits per heavy atom. The van der Waals surface area contributed by atoms with Crippen LogP contribution in [0.5, 0.6) is 0 Å². The van der Waals surface area contributed by atoms with Crippen LogP contribution < -0.4 is 5.32 Å². The molecule has 1 aromatic carbocycles. The zero-order valence-corrected chi connectivity index (χ0v) is 9.32. The highest BCUT2D eigenvalue weighted by Crippen LogP contribution is 2.22. The van der Waals surface area contributed by atoms with Crippen molar-refractivity contribution in [1.29, 1.82) is 0 Å². The normalized spacial score (nSPS) is 9.93. The number of nitrogens with one attached hydrogen (secondary N) is 1. The topological polar surface area (TPSA) is 29.1 Å². The fraction of sp³-hybridized carbons (Fsp3) is 0.300. The fourth-order valence-electron chi connectivity index (χ4n) is 1.08. The number of aryl methyl sites for hydroxylation is 1. The largest absolute Gasteiger partial charge is 0.359 e. The van der Waals surface area contributed by atoms with Gasteiger partial charge in [-0.3, -0.25) is 4.79 Å². The van der Waals surface area contributed by atoms with Crippen LogP contribution in [0, 0.1) is 0 Å². The van der Waals surface area contributed by atoms with Crippen LogP contribution in [0.15, 0.2) is 18.2 Å². The summed E-state index contributed by atoms with van der Waals surface area (Å²) in [5.74, 6) is 0.0241. The average Bonchev–Trinajstić information content (AvgIpc) is 2.19. The van der Waals surface area contributed by atoms with Crippen molar-refractivity contribution in [1.82, 2.24) is 5.32 Å². The Bertz CT molecular complexity index is 339. The Morgan fingerprint density at radius 2 is 2.07 bits per heavy atom. The quantitative estimate of drug-likeness (QED) is 0.852. The van der Waals surface area contributed by atoms with Gasteiger partial charge in [-0.05, 0) is 24.1 Å². The van der Waals surface area contributed by atoms with Crippen LogP contribution >= 0.6 is 23.2 Å². The molecule has 0 aliphatic carbocycles. The molecule has 0 fully saturated rings. The molecule has 4 heteroatoms. The lowest BCUT2D eigenvalue weighted by Gasteiger charge is -2.02. The third-order valence-corrected chi connectivity index (χ3v) is 2.64. The second kappa shape index (κ2) is 5.23. The summed E-state index contributed by atoms with van der Waals surface area (Å²) in [5.41, 5.74) is 1.02. The number of halogens is 2. The Hall–Kier alpha value is -0.730. The number of amides is 1. The average molecular weight is 232 g/mol. The minimum absolute atomic E-state index is 0.0241. The molecule has 0 atom stereocenters. The predicted octanol–water partition coefficient (Wildman–Crippen LogP) is 2.67. The molecule has 76 valence electrons. The second-order valence-corrected chi connectivity index (χ2v) is 3.74. The van der Waals surface area contributed by atoms with Gasteiger partial charge in [0.1, 0.15) is 0 Å². The smallest absolute Gasteiger partial charge is 0.220 e. The van der Waals surface area contributed by atoms with Crippen LogP contribution in [0.25, 0.3) is 0 Å². The molecule has 1 amide bonds. The third-order valence-electron chi connectivity index (χ3n) is 1.90. The highest BCUT2D eigenvalue weighted by Gasteiger charge is 2.02. The second-order valence-electron chi connectivity index (χ2n) is 2.92. The number of carbonyl (C=O) groups excluding carboxylic acids is 1. The van der Waals surface area contributed by atoms with Gasteiger partial charge >= 0.3 is 0 Å². The van der Waals surface area contributed by atoms with Gasteiger partial charge in [-0.15, -0.1) is 0 Å². The lowest BCUT2D eigenvalue weighted by molar-refractivity contribution is -0.120. The number of benzene rings is 1. The van der Waals surface area contributed by atoms with E-state index in [1.54, 1.807) is 19.2 Å². The van der Waals surface area contributed by atoms with Crippen molar-refractivity contribution in [2.24, 2.45) is 0 Å². The summed E-state index contributed by atoms with van der Waals surface area (Å²) in [6.07, 6.45) is 1.14. The van der Waals surface area contributed by atoms with Crippen LogP contribution in [0.2, 0.25) is 10.0 Å². The zero-order valence-electron chi connectivity index (χ0n) is 7.81. The van der Waals surface area contributed by atoms with Gasteiger partial charge in [0.05, 0.1) is 10.0 Å². The molecule has 14 heavy (non-hydrogen) atoms. The van der Waals surface area contributed by atoms with Crippen molar-refractivity contribution in [3.8, 4) is 0 Å². The Morgan fingerprint density at radius 3 is 2.64 bits per heavy atom. The van der Waals surface area contributed by atoms with Gasteiger partial charge in [0.15, 0.2) is 0 Å². The summed E-state index contributed by atoms with van der Waals surface area (Å²) >= 11 is 11.6. The first-order valence-corrected chi connectivity index (χ1v) is 5.03. The molecule has 1 rings (SSSR count). The van der Waals surface area contributed by atoms with E-state index in [1.165, 1.54) is 0 Å². The Labute approximate surface area is 93.2 Å². The predicted molar refractivity (Wildman–Crippen MR) is 58.8 cm³/mol. The van der Waals surface area contributed by atoms with E-state index in [0.29, 0.717) is 22.9 Å². The molecule has 0 heterocycles. The number of carbonyl (C=O) groups is 1. The molecule has 0 radical (unpaired) electrons. The Balaban J connectivity index is 2.60. The van der Waals surface area contributed by atoms with Gasteiger partial charge in [-0.25, -0.2) is 0 Å². The van der Waals surface area contributed by atoms with Crippen molar-refractivity contribution in [3.05, 3.63) is 33.8 Å². The van der Waals surface area contributed by atoms with Crippen LogP contribution in [-0.2, 0) is 11.2 Å². The van der Waals surface area contributed by atoms with Crippen molar-refractivity contribution in [2.75, 3.05) is 7.05 Å². The van der Waals surface area contributed by atoms with E-state index in [2.05, 4.69) is 5.32 Å². The molecule has 2 nitrogen and oxygen atoms in total. The first-order chi connectivity index (χ1) is 6.63. The van der Waals surface area contributed by atoms with Crippen LogP contribution in [0.3, 0.4) is 0 Å². The standard InChI is InChI=1S/C10H11Cl2NO/c1-13-10(14)5-3-7-2-4-8(11)9(12)6-7/h2,4,6H,3,5H2,1H3,(H,13,14). The molecule has 0 saturated carbocycles. The maximum atomic E-state index is 11.0. The number of hydrogen-bond donors (Lipinski definition) is 1. The summed E-state index contributed by atoms with van der Waals surface area (Å²) in [4.78, 5) is 11.0. The maximum absolute atomic E-state index is 11.0. The maximum Gasteiger partial charge on any atom is 0.220 e. The lowest BCUT2D eigenvalue weighted by Crippen LogP contribution is -2.17. The molecule has 0 aromatic heterocycles. The Kier molecular flexibility index (Phi) is 4.23. The summed E-state index contributed by atoms with van der Waals surface area (Å²) in [5, 5.41) is 3.63. The van der Waals surface area contributed by atoms with Gasteiger partial charge in [0.2, 0.25) is 5.91 Å². The monoisotopic (exact) mass is 231 g/mol. The van der Waals surface area contributed by atoms with Gasteiger partial charge in [-0.2, -0.15) is 0 Å². The van der Waals surface area contributed by atoms with Crippen LogP contribution in [0.1, 0.15) is 12.0 Å². The van der Waals surface area contributed by atoms with Crippen molar-refractivity contribution in [3.63, 3.8) is 0 Å². The number of rotatable bonds is 3. The molecule has 0 saturated heterocycles. The van der Waals surface area contributed by atoms with Crippen molar-refractivity contribution < 1.29 is 4.79 Å². The first kappa shape index (κ1) is 11.3. The third kappa shape index (κ3) is 3.20. The summed E-state index contributed by atoms with van der Waals surface area (Å²) < 4.78 is 0. The van der Waals surface area contributed by atoms with E-state index in [4.69, 9.17) is 23.2 Å². The minimum Gasteiger partial charge on any atom is -0.359 e. The van der Waals surface area contributed by atoms with Crippen molar-refractivity contribution in [2.45, 2.75) is 12.8 Å². The molecule has 0 aliphatic heterocycles. The van der Waals surface area contributed by atoms with Gasteiger partial charge in [0.25, 0.3) is 0 Å². The highest BCUT2D eigenvalue weighted by atomic mass is 35.5. The van der Waals surface area contributed by atoms with Crippen LogP contribution in [-0.4, -0.2) is 13.0 Å². The zero-order chi connectivity index (χ0) is 10.6. The summed E-state index contributed by atoms with van der Waals surface area (Å²) in [7, 11) is 1.62. The van der Waals surface area contributed by atoms with E-state index in [1.807, 2.05) is 6.07 Å². The molecular formula is C10H11Cl2NO. The van der Waals surface area contributed by atoms with Gasteiger partial charge in [-0.1, -0.05) is 29.3 Å². The highest BCUT2D eigenvalue weighted by molar-refractivity contribution is 6.42. The minimum atomic E-state index is 0.0241. The first-order valence-electron chi connectivity index (χ1n) is 4.28. The lowest BCUT2D eigenvalue weighted by atomic mass is 10.1. The van der Waals surface area contributed by atoms with Crippen molar-refractivity contribution >= 4 is 29.1 Å². The fourth-order valence-corrected chi connectivity index (χ4v) is 1.40. The molecule has 0 unspecified atom stereocenters. The van der Waals surface area contributed by atoms with Crippen LogP contribution in [0.4, 0.5) is 0 Å². The van der Waals surface area contributed by atoms with E-state index < -0.39 is 0 Å². The SMILES string of the molecule is CNC(=O)CCc1ccc(Cl)c(Cl)c1. The van der Waals surface area contributed by atoms with E-state index in [9.17, 15) is 4.79 Å². The van der Waals surface area contributed by atoms with E-state index in [-0.39, 0.29) is 5.91 Å². The molecule has 0 aliphatic rings. The molecule has 1 N–H and O–H groups in total. The number of hydrogen-bond acceptors (Lipinski definition) is 1. The van der Waals surface area contributed by atoms with E-state index in [0.717, 1.165) is 5.56 Å².